The molecule has 0 amide bonds. The minimum absolute atomic E-state index is 0.436. The van der Waals surface area contributed by atoms with Crippen molar-refractivity contribution in [1.82, 2.24) is 5.32 Å². The zero-order valence-corrected chi connectivity index (χ0v) is 13.6. The first-order chi connectivity index (χ1) is 10.1. The fourth-order valence-corrected chi connectivity index (χ4v) is 2.32. The van der Waals surface area contributed by atoms with Gasteiger partial charge in [0.15, 0.2) is 0 Å². The van der Waals surface area contributed by atoms with Crippen LogP contribution in [0.5, 0.6) is 5.75 Å². The van der Waals surface area contributed by atoms with Crippen LogP contribution in [0.15, 0.2) is 42.5 Å². The van der Waals surface area contributed by atoms with Gasteiger partial charge >= 0.3 is 0 Å². The van der Waals surface area contributed by atoms with E-state index in [1.54, 1.807) is 0 Å². The number of benzene rings is 2. The average Bonchev–Trinajstić information content (AvgIpc) is 2.47. The Morgan fingerprint density at radius 3 is 2.57 bits per heavy atom. The van der Waals surface area contributed by atoms with Crippen LogP contribution in [-0.4, -0.2) is 12.6 Å². The van der Waals surface area contributed by atoms with E-state index in [1.165, 1.54) is 0 Å². The SMILES string of the molecule is CCOc1cccc(-c2ccc(Cl)c(CNC(C)C)c2)c1. The summed E-state index contributed by atoms with van der Waals surface area (Å²) in [5, 5.41) is 4.20. The Labute approximate surface area is 132 Å². The van der Waals surface area contributed by atoms with E-state index in [0.29, 0.717) is 12.6 Å². The Bertz CT molecular complexity index is 596. The van der Waals surface area contributed by atoms with Crippen LogP contribution in [0.2, 0.25) is 5.02 Å². The lowest BCUT2D eigenvalue weighted by Gasteiger charge is -2.12. The van der Waals surface area contributed by atoms with Crippen LogP contribution in [0, 0.1) is 0 Å². The highest BCUT2D eigenvalue weighted by atomic mass is 35.5. The Morgan fingerprint density at radius 2 is 1.86 bits per heavy atom. The Morgan fingerprint density at radius 1 is 1.10 bits per heavy atom. The van der Waals surface area contributed by atoms with E-state index in [2.05, 4.69) is 37.4 Å². The molecule has 0 saturated heterocycles. The minimum atomic E-state index is 0.436. The van der Waals surface area contributed by atoms with Gasteiger partial charge in [-0.05, 0) is 47.9 Å². The molecule has 2 aromatic rings. The first-order valence-electron chi connectivity index (χ1n) is 7.35. The van der Waals surface area contributed by atoms with Gasteiger partial charge in [-0.25, -0.2) is 0 Å². The first-order valence-corrected chi connectivity index (χ1v) is 7.73. The average molecular weight is 304 g/mol. The van der Waals surface area contributed by atoms with Crippen LogP contribution in [0.25, 0.3) is 11.1 Å². The van der Waals surface area contributed by atoms with Gasteiger partial charge in [-0.3, -0.25) is 0 Å². The highest BCUT2D eigenvalue weighted by Gasteiger charge is 2.06. The summed E-state index contributed by atoms with van der Waals surface area (Å²) in [6.45, 7) is 7.69. The van der Waals surface area contributed by atoms with Crippen LogP contribution >= 0.6 is 11.6 Å². The Kier molecular flexibility index (Phi) is 5.66. The molecule has 0 heterocycles. The standard InChI is InChI=1S/C18H22ClNO/c1-4-21-17-7-5-6-14(11-17)15-8-9-18(19)16(10-15)12-20-13(2)3/h5-11,13,20H,4,12H2,1-3H3. The second-order valence-corrected chi connectivity index (χ2v) is 5.71. The smallest absolute Gasteiger partial charge is 0.119 e. The van der Waals surface area contributed by atoms with Gasteiger partial charge in [0.1, 0.15) is 5.75 Å². The van der Waals surface area contributed by atoms with Gasteiger partial charge in [0.2, 0.25) is 0 Å². The van der Waals surface area contributed by atoms with Crippen molar-refractivity contribution in [3.8, 4) is 16.9 Å². The third kappa shape index (κ3) is 4.48. The molecule has 0 aliphatic rings. The van der Waals surface area contributed by atoms with E-state index in [-0.39, 0.29) is 0 Å². The number of nitrogens with one attached hydrogen (secondary N) is 1. The van der Waals surface area contributed by atoms with E-state index >= 15 is 0 Å². The molecule has 0 aliphatic carbocycles. The van der Waals surface area contributed by atoms with Crippen molar-refractivity contribution in [3.05, 3.63) is 53.1 Å². The summed E-state index contributed by atoms with van der Waals surface area (Å²) >= 11 is 6.28. The topological polar surface area (TPSA) is 21.3 Å². The van der Waals surface area contributed by atoms with Crippen molar-refractivity contribution in [2.24, 2.45) is 0 Å². The van der Waals surface area contributed by atoms with Crippen molar-refractivity contribution < 1.29 is 4.74 Å². The molecule has 2 aromatic carbocycles. The van der Waals surface area contributed by atoms with Gasteiger partial charge in [0.05, 0.1) is 6.61 Å². The molecular weight excluding hydrogens is 282 g/mol. The van der Waals surface area contributed by atoms with Crippen LogP contribution in [0.4, 0.5) is 0 Å². The van der Waals surface area contributed by atoms with Crippen molar-refractivity contribution in [2.45, 2.75) is 33.4 Å². The molecular formula is C18H22ClNO. The highest BCUT2D eigenvalue weighted by molar-refractivity contribution is 6.31. The largest absolute Gasteiger partial charge is 0.494 e. The molecule has 2 nitrogen and oxygen atoms in total. The van der Waals surface area contributed by atoms with E-state index in [9.17, 15) is 0 Å². The summed E-state index contributed by atoms with van der Waals surface area (Å²) < 4.78 is 5.56. The molecule has 0 atom stereocenters. The van der Waals surface area contributed by atoms with Crippen molar-refractivity contribution >= 4 is 11.6 Å². The van der Waals surface area contributed by atoms with Gasteiger partial charge < -0.3 is 10.1 Å². The summed E-state index contributed by atoms with van der Waals surface area (Å²) in [4.78, 5) is 0. The molecule has 3 heteroatoms. The summed E-state index contributed by atoms with van der Waals surface area (Å²) in [7, 11) is 0. The van der Waals surface area contributed by atoms with Gasteiger partial charge in [0.25, 0.3) is 0 Å². The van der Waals surface area contributed by atoms with E-state index in [0.717, 1.165) is 34.0 Å². The lowest BCUT2D eigenvalue weighted by atomic mass is 10.0. The van der Waals surface area contributed by atoms with Gasteiger partial charge in [-0.15, -0.1) is 0 Å². The van der Waals surface area contributed by atoms with Gasteiger partial charge in [-0.1, -0.05) is 43.6 Å². The molecule has 0 aromatic heterocycles. The minimum Gasteiger partial charge on any atom is -0.494 e. The lowest BCUT2D eigenvalue weighted by Crippen LogP contribution is -2.21. The van der Waals surface area contributed by atoms with Crippen LogP contribution < -0.4 is 10.1 Å². The second kappa shape index (κ2) is 7.48. The highest BCUT2D eigenvalue weighted by Crippen LogP contribution is 2.27. The quantitative estimate of drug-likeness (QED) is 0.819. The predicted octanol–water partition coefficient (Wildman–Crippen LogP) is 4.90. The molecule has 1 N–H and O–H groups in total. The molecule has 0 spiro atoms. The van der Waals surface area contributed by atoms with Gasteiger partial charge in [-0.2, -0.15) is 0 Å². The van der Waals surface area contributed by atoms with Crippen LogP contribution in [0.1, 0.15) is 26.3 Å². The number of hydrogen-bond donors (Lipinski definition) is 1. The maximum atomic E-state index is 6.28. The zero-order valence-electron chi connectivity index (χ0n) is 12.8. The van der Waals surface area contributed by atoms with E-state index < -0.39 is 0 Å². The first kappa shape index (κ1) is 15.9. The number of hydrogen-bond acceptors (Lipinski definition) is 2. The molecule has 0 unspecified atom stereocenters. The van der Waals surface area contributed by atoms with Gasteiger partial charge in [0, 0.05) is 17.6 Å². The zero-order chi connectivity index (χ0) is 15.2. The van der Waals surface area contributed by atoms with Crippen LogP contribution in [-0.2, 0) is 6.54 Å². The van der Waals surface area contributed by atoms with Crippen molar-refractivity contribution in [1.29, 1.82) is 0 Å². The normalized spacial score (nSPS) is 10.9. The summed E-state index contributed by atoms with van der Waals surface area (Å²) in [6.07, 6.45) is 0. The fourth-order valence-electron chi connectivity index (χ4n) is 2.14. The van der Waals surface area contributed by atoms with E-state index in [1.807, 2.05) is 31.2 Å². The predicted molar refractivity (Wildman–Crippen MR) is 90.0 cm³/mol. The molecule has 0 saturated carbocycles. The summed E-state index contributed by atoms with van der Waals surface area (Å²) in [5.41, 5.74) is 3.41. The third-order valence-electron chi connectivity index (χ3n) is 3.22. The Hall–Kier alpha value is -1.51. The maximum Gasteiger partial charge on any atom is 0.119 e. The summed E-state index contributed by atoms with van der Waals surface area (Å²) in [5.74, 6) is 0.895. The second-order valence-electron chi connectivity index (χ2n) is 5.30. The molecule has 0 bridgehead atoms. The number of halogens is 1. The molecule has 21 heavy (non-hydrogen) atoms. The molecule has 112 valence electrons. The molecule has 0 radical (unpaired) electrons. The monoisotopic (exact) mass is 303 g/mol. The van der Waals surface area contributed by atoms with Crippen molar-refractivity contribution in [2.75, 3.05) is 6.61 Å². The maximum absolute atomic E-state index is 6.28. The molecule has 2 rings (SSSR count). The Balaban J connectivity index is 2.27. The number of rotatable bonds is 6. The molecule has 0 fully saturated rings. The fraction of sp³-hybridized carbons (Fsp3) is 0.333. The summed E-state index contributed by atoms with van der Waals surface area (Å²) in [6, 6.07) is 14.7. The lowest BCUT2D eigenvalue weighted by molar-refractivity contribution is 0.340. The van der Waals surface area contributed by atoms with Crippen LogP contribution in [0.3, 0.4) is 0 Å². The van der Waals surface area contributed by atoms with E-state index in [4.69, 9.17) is 16.3 Å². The third-order valence-corrected chi connectivity index (χ3v) is 3.59. The van der Waals surface area contributed by atoms with Crippen molar-refractivity contribution in [3.63, 3.8) is 0 Å². The number of ether oxygens (including phenoxy) is 1. The molecule has 0 aliphatic heterocycles.